The van der Waals surface area contributed by atoms with E-state index in [1.54, 1.807) is 7.05 Å². The molecule has 0 aromatic rings. The van der Waals surface area contributed by atoms with Crippen molar-refractivity contribution in [3.8, 4) is 0 Å². The van der Waals surface area contributed by atoms with Gasteiger partial charge in [-0.2, -0.15) is 0 Å². The Labute approximate surface area is 163 Å². The number of unbranched alkanes of at least 4 members (excludes halogenated alkanes) is 3. The highest BCUT2D eigenvalue weighted by Crippen LogP contribution is 2.06. The second kappa shape index (κ2) is 15.1. The zero-order valence-electron chi connectivity index (χ0n) is 17.7. The monoisotopic (exact) mass is 386 g/mol. The average Bonchev–Trinajstić information content (AvgIpc) is 2.57. The number of hydrogen-bond donors (Lipinski definition) is 3. The van der Waals surface area contributed by atoms with Crippen LogP contribution in [0.15, 0.2) is 4.99 Å². The van der Waals surface area contributed by atoms with E-state index in [0.717, 1.165) is 44.6 Å². The molecule has 8 heteroatoms. The maximum absolute atomic E-state index is 11.5. The molecule has 158 valence electrons. The van der Waals surface area contributed by atoms with Crippen LogP contribution in [0.5, 0.6) is 0 Å². The van der Waals surface area contributed by atoms with Crippen molar-refractivity contribution >= 4 is 18.0 Å². The van der Waals surface area contributed by atoms with Crippen LogP contribution in [-0.2, 0) is 14.3 Å². The van der Waals surface area contributed by atoms with Crippen LogP contribution in [0.2, 0.25) is 0 Å². The summed E-state index contributed by atoms with van der Waals surface area (Å²) in [4.78, 5) is 26.9. The van der Waals surface area contributed by atoms with Crippen LogP contribution in [0, 0.1) is 0 Å². The summed E-state index contributed by atoms with van der Waals surface area (Å²) in [5.41, 5.74) is -0.479. The summed E-state index contributed by atoms with van der Waals surface area (Å²) in [5.74, 6) is 0.639. The summed E-state index contributed by atoms with van der Waals surface area (Å²) < 4.78 is 10.1. The number of alkyl carbamates (subject to hydrolysis) is 1. The van der Waals surface area contributed by atoms with Gasteiger partial charge in [0, 0.05) is 33.1 Å². The number of carbonyl (C=O) groups is 2. The number of guanidine groups is 1. The van der Waals surface area contributed by atoms with Crippen molar-refractivity contribution in [3.63, 3.8) is 0 Å². The van der Waals surface area contributed by atoms with Crippen LogP contribution in [0.4, 0.5) is 4.79 Å². The number of aliphatic imine (C=N–C) groups is 1. The van der Waals surface area contributed by atoms with E-state index < -0.39 is 11.7 Å². The van der Waals surface area contributed by atoms with Gasteiger partial charge in [0.25, 0.3) is 0 Å². The van der Waals surface area contributed by atoms with Crippen molar-refractivity contribution < 1.29 is 19.1 Å². The predicted molar refractivity (Wildman–Crippen MR) is 108 cm³/mol. The molecule has 8 nitrogen and oxygen atoms in total. The van der Waals surface area contributed by atoms with Crippen molar-refractivity contribution in [3.05, 3.63) is 0 Å². The van der Waals surface area contributed by atoms with E-state index in [-0.39, 0.29) is 5.97 Å². The molecule has 0 aromatic heterocycles. The standard InChI is InChI=1S/C19H38N4O4/c1-6-26-16(24)12-9-7-8-10-13-21-17(20-5)22-14-11-15-23-18(25)27-19(2,3)4/h6-15H2,1-5H3,(H,23,25)(H2,20,21,22). The van der Waals surface area contributed by atoms with E-state index >= 15 is 0 Å². The Kier molecular flexibility index (Phi) is 14.0. The minimum atomic E-state index is -0.479. The molecule has 0 aromatic carbocycles. The van der Waals surface area contributed by atoms with E-state index in [9.17, 15) is 9.59 Å². The zero-order chi connectivity index (χ0) is 20.5. The Morgan fingerprint density at radius 3 is 2.07 bits per heavy atom. The maximum atomic E-state index is 11.5. The topological polar surface area (TPSA) is 101 Å². The Morgan fingerprint density at radius 2 is 1.48 bits per heavy atom. The molecule has 1 amide bonds. The minimum Gasteiger partial charge on any atom is -0.466 e. The van der Waals surface area contributed by atoms with Crippen molar-refractivity contribution in [1.82, 2.24) is 16.0 Å². The number of nitrogens with zero attached hydrogens (tertiary/aromatic N) is 1. The molecule has 0 aliphatic heterocycles. The molecule has 0 unspecified atom stereocenters. The van der Waals surface area contributed by atoms with Crippen molar-refractivity contribution in [2.24, 2.45) is 4.99 Å². The largest absolute Gasteiger partial charge is 0.466 e. The third-order valence-corrected chi connectivity index (χ3v) is 3.44. The number of nitrogens with one attached hydrogen (secondary N) is 3. The fraction of sp³-hybridized carbons (Fsp3) is 0.842. The lowest BCUT2D eigenvalue weighted by atomic mass is 10.1. The molecule has 0 spiro atoms. The fourth-order valence-corrected chi connectivity index (χ4v) is 2.21. The summed E-state index contributed by atoms with van der Waals surface area (Å²) in [6.45, 7) is 9.86. The first kappa shape index (κ1) is 25.0. The van der Waals surface area contributed by atoms with E-state index in [2.05, 4.69) is 20.9 Å². The van der Waals surface area contributed by atoms with Gasteiger partial charge in [-0.05, 0) is 47.0 Å². The van der Waals surface area contributed by atoms with Gasteiger partial charge in [0.05, 0.1) is 6.61 Å². The normalized spacial score (nSPS) is 11.7. The SMILES string of the molecule is CCOC(=O)CCCCCCNC(=NC)NCCCNC(=O)OC(C)(C)C. The molecule has 0 saturated heterocycles. The third kappa shape index (κ3) is 17.2. The molecule has 0 bridgehead atoms. The van der Waals surface area contributed by atoms with Gasteiger partial charge < -0.3 is 25.4 Å². The van der Waals surface area contributed by atoms with Crippen molar-refractivity contribution in [2.45, 2.75) is 71.8 Å². The van der Waals surface area contributed by atoms with Crippen molar-refractivity contribution in [1.29, 1.82) is 0 Å². The summed E-state index contributed by atoms with van der Waals surface area (Å²) in [7, 11) is 1.73. The van der Waals surface area contributed by atoms with Gasteiger partial charge >= 0.3 is 12.1 Å². The predicted octanol–water partition coefficient (Wildman–Crippen LogP) is 2.58. The Balaban J connectivity index is 3.60. The van der Waals surface area contributed by atoms with Crippen LogP contribution in [0.3, 0.4) is 0 Å². The third-order valence-electron chi connectivity index (χ3n) is 3.44. The van der Waals surface area contributed by atoms with Crippen LogP contribution in [0.1, 0.15) is 66.2 Å². The number of ether oxygens (including phenoxy) is 2. The number of rotatable bonds is 12. The van der Waals surface area contributed by atoms with Crippen LogP contribution >= 0.6 is 0 Å². The van der Waals surface area contributed by atoms with Gasteiger partial charge in [-0.3, -0.25) is 9.79 Å². The molecule has 0 heterocycles. The molecular formula is C19H38N4O4. The molecule has 0 aliphatic carbocycles. The summed E-state index contributed by atoms with van der Waals surface area (Å²) in [6.07, 6.45) is 4.84. The number of amides is 1. The van der Waals surface area contributed by atoms with Gasteiger partial charge in [-0.25, -0.2) is 4.79 Å². The first-order chi connectivity index (χ1) is 12.8. The smallest absolute Gasteiger partial charge is 0.407 e. The molecule has 27 heavy (non-hydrogen) atoms. The second-order valence-corrected chi connectivity index (χ2v) is 7.18. The Bertz CT molecular complexity index is 447. The van der Waals surface area contributed by atoms with E-state index in [4.69, 9.17) is 9.47 Å². The Morgan fingerprint density at radius 1 is 0.889 bits per heavy atom. The maximum Gasteiger partial charge on any atom is 0.407 e. The highest BCUT2D eigenvalue weighted by molar-refractivity contribution is 5.79. The second-order valence-electron chi connectivity index (χ2n) is 7.18. The molecule has 0 atom stereocenters. The zero-order valence-corrected chi connectivity index (χ0v) is 17.7. The lowest BCUT2D eigenvalue weighted by Crippen LogP contribution is -2.39. The lowest BCUT2D eigenvalue weighted by Gasteiger charge is -2.19. The molecular weight excluding hydrogens is 348 g/mol. The van der Waals surface area contributed by atoms with Gasteiger partial charge in [0.15, 0.2) is 5.96 Å². The molecule has 0 rings (SSSR count). The first-order valence-corrected chi connectivity index (χ1v) is 9.85. The summed E-state index contributed by atoms with van der Waals surface area (Å²) in [5, 5.41) is 9.19. The van der Waals surface area contributed by atoms with E-state index in [1.165, 1.54) is 0 Å². The fourth-order valence-electron chi connectivity index (χ4n) is 2.21. The molecule has 0 radical (unpaired) electrons. The van der Waals surface area contributed by atoms with Gasteiger partial charge in [-0.1, -0.05) is 12.8 Å². The lowest BCUT2D eigenvalue weighted by molar-refractivity contribution is -0.143. The quantitative estimate of drug-likeness (QED) is 0.206. The molecule has 3 N–H and O–H groups in total. The molecule has 0 aliphatic rings. The van der Waals surface area contributed by atoms with E-state index in [1.807, 2.05) is 27.7 Å². The van der Waals surface area contributed by atoms with Gasteiger partial charge in [0.1, 0.15) is 5.60 Å². The highest BCUT2D eigenvalue weighted by atomic mass is 16.6. The summed E-state index contributed by atoms with van der Waals surface area (Å²) in [6, 6.07) is 0. The van der Waals surface area contributed by atoms with Crippen LogP contribution in [-0.4, -0.2) is 56.9 Å². The number of esters is 1. The molecule has 0 saturated carbocycles. The molecule has 0 fully saturated rings. The van der Waals surface area contributed by atoms with Gasteiger partial charge in [-0.15, -0.1) is 0 Å². The number of hydrogen-bond acceptors (Lipinski definition) is 5. The average molecular weight is 387 g/mol. The Hall–Kier alpha value is -1.99. The number of carbonyl (C=O) groups excluding carboxylic acids is 2. The highest BCUT2D eigenvalue weighted by Gasteiger charge is 2.15. The first-order valence-electron chi connectivity index (χ1n) is 9.85. The van der Waals surface area contributed by atoms with Crippen LogP contribution in [0.25, 0.3) is 0 Å². The summed E-state index contributed by atoms with van der Waals surface area (Å²) >= 11 is 0. The van der Waals surface area contributed by atoms with E-state index in [0.29, 0.717) is 26.1 Å². The van der Waals surface area contributed by atoms with Crippen molar-refractivity contribution in [2.75, 3.05) is 33.3 Å². The van der Waals surface area contributed by atoms with Crippen LogP contribution < -0.4 is 16.0 Å². The van der Waals surface area contributed by atoms with Gasteiger partial charge in [0.2, 0.25) is 0 Å². The minimum absolute atomic E-state index is 0.110.